The number of halogens is 1. The minimum Gasteiger partial charge on any atom is -0.302 e. The quantitative estimate of drug-likeness (QED) is 0.872. The molecule has 1 heterocycles. The molecular weight excluding hydrogens is 260 g/mol. The molecular formula is C14H25ClN4. The Bertz CT molecular complexity index is 398. The Morgan fingerprint density at radius 3 is 2.53 bits per heavy atom. The molecule has 19 heavy (non-hydrogen) atoms. The maximum Gasteiger partial charge on any atom is 0.0951 e. The molecule has 108 valence electrons. The largest absolute Gasteiger partial charge is 0.302 e. The summed E-state index contributed by atoms with van der Waals surface area (Å²) in [6.07, 6.45) is 5.52. The first-order chi connectivity index (χ1) is 9.08. The molecule has 5 heteroatoms. The normalized spacial score (nSPS) is 16.9. The van der Waals surface area contributed by atoms with Crippen LogP contribution in [0.2, 0.25) is 5.02 Å². The van der Waals surface area contributed by atoms with Crippen LogP contribution < -0.4 is 0 Å². The predicted molar refractivity (Wildman–Crippen MR) is 79.6 cm³/mol. The van der Waals surface area contributed by atoms with E-state index in [1.165, 1.54) is 25.7 Å². The fourth-order valence-corrected chi connectivity index (χ4v) is 2.91. The summed E-state index contributed by atoms with van der Waals surface area (Å²) >= 11 is 6.19. The first-order valence-corrected chi connectivity index (χ1v) is 7.54. The number of nitrogens with one attached hydrogen (secondary N) is 1. The molecule has 4 nitrogen and oxygen atoms in total. The third-order valence-electron chi connectivity index (χ3n) is 4.14. The molecule has 1 N–H and O–H groups in total. The van der Waals surface area contributed by atoms with Crippen molar-refractivity contribution < 1.29 is 0 Å². The van der Waals surface area contributed by atoms with Crippen LogP contribution in [-0.2, 0) is 6.54 Å². The number of likely N-dealkylation sites (N-methyl/N-ethyl adjacent to an activating group) is 2. The Kier molecular flexibility index (Phi) is 5.25. The summed E-state index contributed by atoms with van der Waals surface area (Å²) in [6.45, 7) is 4.92. The smallest absolute Gasteiger partial charge is 0.0951 e. The lowest BCUT2D eigenvalue weighted by atomic mass is 10.2. The van der Waals surface area contributed by atoms with E-state index in [0.29, 0.717) is 0 Å². The first-order valence-electron chi connectivity index (χ1n) is 7.16. The monoisotopic (exact) mass is 284 g/mol. The molecule has 0 unspecified atom stereocenters. The molecule has 0 amide bonds. The molecule has 0 aliphatic heterocycles. The van der Waals surface area contributed by atoms with Crippen LogP contribution in [0, 0.1) is 6.92 Å². The summed E-state index contributed by atoms with van der Waals surface area (Å²) in [4.78, 5) is 4.79. The second-order valence-corrected chi connectivity index (χ2v) is 6.14. The fraction of sp³-hybridized carbons (Fsp3) is 0.786. The highest BCUT2D eigenvalue weighted by atomic mass is 35.5. The van der Waals surface area contributed by atoms with E-state index in [4.69, 9.17) is 11.6 Å². The van der Waals surface area contributed by atoms with Crippen LogP contribution in [0.4, 0.5) is 0 Å². The van der Waals surface area contributed by atoms with Crippen molar-refractivity contribution in [3.8, 4) is 0 Å². The molecule has 1 aliphatic rings. The Labute approximate surface area is 121 Å². The molecule has 1 saturated carbocycles. The SMILES string of the molecule is Cc1[nH]nc(CN(C)CCN(C)C2CCCC2)c1Cl. The number of aryl methyl sites for hydroxylation is 1. The van der Waals surface area contributed by atoms with Gasteiger partial charge in [0.2, 0.25) is 0 Å². The van der Waals surface area contributed by atoms with Crippen LogP contribution in [-0.4, -0.2) is 53.2 Å². The van der Waals surface area contributed by atoms with Crippen LogP contribution in [0.1, 0.15) is 37.1 Å². The number of rotatable bonds is 6. The Hall–Kier alpha value is -0.580. The fourth-order valence-electron chi connectivity index (χ4n) is 2.76. The summed E-state index contributed by atoms with van der Waals surface area (Å²) in [7, 11) is 4.37. The van der Waals surface area contributed by atoms with E-state index in [9.17, 15) is 0 Å². The van der Waals surface area contributed by atoms with Gasteiger partial charge in [0.25, 0.3) is 0 Å². The summed E-state index contributed by atoms with van der Waals surface area (Å²) in [5.74, 6) is 0. The van der Waals surface area contributed by atoms with Gasteiger partial charge >= 0.3 is 0 Å². The number of hydrogen-bond donors (Lipinski definition) is 1. The number of aromatic amines is 1. The van der Waals surface area contributed by atoms with Crippen molar-refractivity contribution in [3.05, 3.63) is 16.4 Å². The van der Waals surface area contributed by atoms with Gasteiger partial charge in [0.05, 0.1) is 16.4 Å². The summed E-state index contributed by atoms with van der Waals surface area (Å²) in [5, 5.41) is 7.95. The average Bonchev–Trinajstić information content (AvgIpc) is 3.02. The lowest BCUT2D eigenvalue weighted by molar-refractivity contribution is 0.203. The minimum atomic E-state index is 0.774. The van der Waals surface area contributed by atoms with Crippen LogP contribution >= 0.6 is 11.6 Å². The molecule has 0 saturated heterocycles. The van der Waals surface area contributed by atoms with Gasteiger partial charge < -0.3 is 4.90 Å². The van der Waals surface area contributed by atoms with E-state index in [0.717, 1.165) is 42.1 Å². The second kappa shape index (κ2) is 6.73. The maximum atomic E-state index is 6.19. The van der Waals surface area contributed by atoms with Gasteiger partial charge in [-0.3, -0.25) is 10.00 Å². The van der Waals surface area contributed by atoms with Gasteiger partial charge in [-0.1, -0.05) is 24.4 Å². The molecule has 2 rings (SSSR count). The van der Waals surface area contributed by atoms with Crippen molar-refractivity contribution in [1.82, 2.24) is 20.0 Å². The Morgan fingerprint density at radius 2 is 1.95 bits per heavy atom. The van der Waals surface area contributed by atoms with Crippen LogP contribution in [0.5, 0.6) is 0 Å². The first kappa shape index (κ1) is 14.8. The van der Waals surface area contributed by atoms with E-state index in [-0.39, 0.29) is 0 Å². The number of hydrogen-bond acceptors (Lipinski definition) is 3. The van der Waals surface area contributed by atoms with Crippen LogP contribution in [0.3, 0.4) is 0 Å². The zero-order valence-electron chi connectivity index (χ0n) is 12.2. The van der Waals surface area contributed by atoms with Gasteiger partial charge in [0.15, 0.2) is 0 Å². The van der Waals surface area contributed by atoms with E-state index >= 15 is 0 Å². The lowest BCUT2D eigenvalue weighted by Crippen LogP contribution is -2.36. The highest BCUT2D eigenvalue weighted by Crippen LogP contribution is 2.22. The highest BCUT2D eigenvalue weighted by Gasteiger charge is 2.19. The van der Waals surface area contributed by atoms with E-state index in [1.807, 2.05) is 6.92 Å². The Morgan fingerprint density at radius 1 is 1.26 bits per heavy atom. The van der Waals surface area contributed by atoms with Gasteiger partial charge in [0, 0.05) is 25.7 Å². The topological polar surface area (TPSA) is 35.2 Å². The van der Waals surface area contributed by atoms with E-state index < -0.39 is 0 Å². The van der Waals surface area contributed by atoms with Crippen molar-refractivity contribution in [2.24, 2.45) is 0 Å². The number of aromatic nitrogens is 2. The molecule has 1 fully saturated rings. The molecule has 0 spiro atoms. The summed E-state index contributed by atoms with van der Waals surface area (Å²) < 4.78 is 0. The molecule has 0 radical (unpaired) electrons. The molecule has 0 aromatic carbocycles. The average molecular weight is 285 g/mol. The van der Waals surface area contributed by atoms with Gasteiger partial charge in [0.1, 0.15) is 0 Å². The van der Waals surface area contributed by atoms with Crippen molar-refractivity contribution in [3.63, 3.8) is 0 Å². The zero-order chi connectivity index (χ0) is 13.8. The predicted octanol–water partition coefficient (Wildman–Crippen LogP) is 2.68. The summed E-state index contributed by atoms with van der Waals surface area (Å²) in [6, 6.07) is 0.796. The maximum absolute atomic E-state index is 6.19. The second-order valence-electron chi connectivity index (χ2n) is 5.77. The van der Waals surface area contributed by atoms with Crippen LogP contribution in [0.25, 0.3) is 0 Å². The van der Waals surface area contributed by atoms with Gasteiger partial charge in [-0.15, -0.1) is 0 Å². The zero-order valence-corrected chi connectivity index (χ0v) is 13.0. The third kappa shape index (κ3) is 3.94. The van der Waals surface area contributed by atoms with Crippen LogP contribution in [0.15, 0.2) is 0 Å². The number of nitrogens with zero attached hydrogens (tertiary/aromatic N) is 3. The molecule has 1 aliphatic carbocycles. The van der Waals surface area contributed by atoms with Gasteiger partial charge in [-0.2, -0.15) is 5.10 Å². The van der Waals surface area contributed by atoms with Crippen molar-refractivity contribution in [1.29, 1.82) is 0 Å². The van der Waals surface area contributed by atoms with Crippen molar-refractivity contribution in [2.45, 2.75) is 45.2 Å². The van der Waals surface area contributed by atoms with E-state index in [2.05, 4.69) is 34.1 Å². The minimum absolute atomic E-state index is 0.774. The molecule has 1 aromatic heterocycles. The standard InChI is InChI=1S/C14H25ClN4/c1-11-14(15)13(17-16-11)10-18(2)8-9-19(3)12-6-4-5-7-12/h12H,4-10H2,1-3H3,(H,16,17). The lowest BCUT2D eigenvalue weighted by Gasteiger charge is -2.26. The van der Waals surface area contributed by atoms with Crippen molar-refractivity contribution in [2.75, 3.05) is 27.2 Å². The summed E-state index contributed by atoms with van der Waals surface area (Å²) in [5.41, 5.74) is 1.90. The third-order valence-corrected chi connectivity index (χ3v) is 4.64. The van der Waals surface area contributed by atoms with E-state index in [1.54, 1.807) is 0 Å². The highest BCUT2D eigenvalue weighted by molar-refractivity contribution is 6.31. The molecule has 0 bridgehead atoms. The molecule has 0 atom stereocenters. The van der Waals surface area contributed by atoms with Gasteiger partial charge in [-0.05, 0) is 33.9 Å². The Balaban J connectivity index is 1.75. The van der Waals surface area contributed by atoms with Crippen molar-refractivity contribution >= 4 is 11.6 Å². The number of H-pyrrole nitrogens is 1. The molecule has 1 aromatic rings. The van der Waals surface area contributed by atoms with Gasteiger partial charge in [-0.25, -0.2) is 0 Å².